The van der Waals surface area contributed by atoms with Crippen LogP contribution in [0.15, 0.2) is 24.3 Å². The molecule has 1 aliphatic heterocycles. The Morgan fingerprint density at radius 1 is 1.21 bits per heavy atom. The van der Waals surface area contributed by atoms with E-state index in [4.69, 9.17) is 14.7 Å². The molecule has 2 rings (SSSR count). The van der Waals surface area contributed by atoms with Gasteiger partial charge in [-0.1, -0.05) is 12.1 Å². The Morgan fingerprint density at radius 2 is 1.79 bits per heavy atom. The Bertz CT molecular complexity index is 617. The molecule has 0 N–H and O–H groups in total. The number of carbonyl (C=O) groups is 1. The van der Waals surface area contributed by atoms with Crippen LogP contribution >= 0.6 is 0 Å². The van der Waals surface area contributed by atoms with Gasteiger partial charge in [0.1, 0.15) is 11.4 Å². The summed E-state index contributed by atoms with van der Waals surface area (Å²) in [6.45, 7) is 11.3. The van der Waals surface area contributed by atoms with Crippen molar-refractivity contribution in [1.29, 1.82) is 5.26 Å². The normalized spacial score (nSPS) is 15.4. The molecule has 0 bridgehead atoms. The summed E-state index contributed by atoms with van der Waals surface area (Å²) < 4.78 is 11.1. The van der Waals surface area contributed by atoms with Gasteiger partial charge in [-0.15, -0.1) is 0 Å². The van der Waals surface area contributed by atoms with Crippen molar-refractivity contribution < 1.29 is 14.3 Å². The molecular weight excluding hydrogens is 304 g/mol. The molecule has 1 aromatic rings. The van der Waals surface area contributed by atoms with Gasteiger partial charge in [0.05, 0.1) is 18.1 Å². The molecule has 0 saturated carbocycles. The van der Waals surface area contributed by atoms with Crippen LogP contribution in [0.2, 0.25) is 0 Å². The number of nitriles is 1. The number of likely N-dealkylation sites (tertiary alicyclic amines) is 1. The number of hydrogen-bond donors (Lipinski definition) is 0. The van der Waals surface area contributed by atoms with Crippen molar-refractivity contribution in [2.24, 2.45) is 5.92 Å². The average Bonchev–Trinajstić information content (AvgIpc) is 2.44. The van der Waals surface area contributed by atoms with E-state index >= 15 is 0 Å². The molecule has 1 heterocycles. The van der Waals surface area contributed by atoms with E-state index < -0.39 is 11.0 Å². The molecule has 5 heteroatoms. The Morgan fingerprint density at radius 3 is 2.29 bits per heavy atom. The van der Waals surface area contributed by atoms with Crippen LogP contribution in [-0.2, 0) is 10.2 Å². The van der Waals surface area contributed by atoms with Gasteiger partial charge in [-0.05, 0) is 52.3 Å². The molecule has 0 aliphatic carbocycles. The highest BCUT2D eigenvalue weighted by Crippen LogP contribution is 2.25. The zero-order valence-electron chi connectivity index (χ0n) is 15.1. The lowest BCUT2D eigenvalue weighted by Crippen LogP contribution is -2.53. The lowest BCUT2D eigenvalue weighted by molar-refractivity contribution is -0.00781. The third-order valence-corrected chi connectivity index (χ3v) is 3.95. The van der Waals surface area contributed by atoms with E-state index in [1.54, 1.807) is 4.90 Å². The summed E-state index contributed by atoms with van der Waals surface area (Å²) in [7, 11) is 0. The number of carbonyl (C=O) groups excluding carboxylic acids is 1. The fraction of sp³-hybridized carbons (Fsp3) is 0.579. The third kappa shape index (κ3) is 4.64. The Labute approximate surface area is 144 Å². The first-order chi connectivity index (χ1) is 11.1. The molecule has 0 spiro atoms. The third-order valence-electron chi connectivity index (χ3n) is 3.95. The maximum Gasteiger partial charge on any atom is 0.410 e. The highest BCUT2D eigenvalue weighted by Gasteiger charge is 2.34. The van der Waals surface area contributed by atoms with E-state index in [-0.39, 0.29) is 6.09 Å². The van der Waals surface area contributed by atoms with E-state index in [1.165, 1.54) is 0 Å². The van der Waals surface area contributed by atoms with Crippen LogP contribution < -0.4 is 4.74 Å². The van der Waals surface area contributed by atoms with Gasteiger partial charge in [0.25, 0.3) is 0 Å². The molecule has 0 unspecified atom stereocenters. The van der Waals surface area contributed by atoms with Crippen molar-refractivity contribution in [3.8, 4) is 11.8 Å². The predicted octanol–water partition coefficient (Wildman–Crippen LogP) is 3.73. The minimum Gasteiger partial charge on any atom is -0.493 e. The predicted molar refractivity (Wildman–Crippen MR) is 91.9 cm³/mol. The Hall–Kier alpha value is -2.22. The van der Waals surface area contributed by atoms with Gasteiger partial charge in [0, 0.05) is 19.0 Å². The molecule has 1 saturated heterocycles. The average molecular weight is 330 g/mol. The summed E-state index contributed by atoms with van der Waals surface area (Å²) in [6, 6.07) is 9.91. The Balaban J connectivity index is 1.76. The minimum absolute atomic E-state index is 0.262. The number of rotatable bonds is 4. The second-order valence-electron chi connectivity index (χ2n) is 7.82. The zero-order valence-corrected chi connectivity index (χ0v) is 15.1. The number of ether oxygens (including phenoxy) is 2. The van der Waals surface area contributed by atoms with Crippen molar-refractivity contribution in [3.63, 3.8) is 0 Å². The van der Waals surface area contributed by atoms with E-state index in [0.717, 1.165) is 11.3 Å². The quantitative estimate of drug-likeness (QED) is 0.844. The van der Waals surface area contributed by atoms with E-state index in [9.17, 15) is 4.79 Å². The molecule has 24 heavy (non-hydrogen) atoms. The summed E-state index contributed by atoms with van der Waals surface area (Å²) in [5.41, 5.74) is 0.00925. The van der Waals surface area contributed by atoms with Gasteiger partial charge in [-0.3, -0.25) is 0 Å². The molecule has 5 nitrogen and oxygen atoms in total. The molecule has 1 aromatic carbocycles. The van der Waals surface area contributed by atoms with Crippen molar-refractivity contribution in [2.75, 3.05) is 19.7 Å². The fourth-order valence-electron chi connectivity index (χ4n) is 2.40. The summed E-state index contributed by atoms with van der Waals surface area (Å²) in [5.74, 6) is 1.11. The second-order valence-corrected chi connectivity index (χ2v) is 7.82. The van der Waals surface area contributed by atoms with Crippen LogP contribution in [0.3, 0.4) is 0 Å². The first kappa shape index (κ1) is 18.1. The summed E-state index contributed by atoms with van der Waals surface area (Å²) in [4.78, 5) is 13.5. The molecule has 130 valence electrons. The van der Waals surface area contributed by atoms with Gasteiger partial charge in [-0.2, -0.15) is 5.26 Å². The SMILES string of the molecule is CC(C)(C)OC(=O)N1CC(COc2ccc(C(C)(C)C#N)cc2)C1. The van der Waals surface area contributed by atoms with E-state index in [0.29, 0.717) is 25.6 Å². The number of nitrogens with zero attached hydrogens (tertiary/aromatic N) is 2. The maximum absolute atomic E-state index is 11.9. The van der Waals surface area contributed by atoms with Gasteiger partial charge in [0.15, 0.2) is 0 Å². The monoisotopic (exact) mass is 330 g/mol. The van der Waals surface area contributed by atoms with Crippen LogP contribution in [-0.4, -0.2) is 36.3 Å². The standard InChI is InChI=1S/C19H26N2O3/c1-18(2,3)24-17(22)21-10-14(11-21)12-23-16-8-6-15(7-9-16)19(4,5)13-20/h6-9,14H,10-12H2,1-5H3. The van der Waals surface area contributed by atoms with Crippen molar-refractivity contribution >= 4 is 6.09 Å². The maximum atomic E-state index is 11.9. The minimum atomic E-state index is -0.500. The first-order valence-corrected chi connectivity index (χ1v) is 8.23. The molecule has 0 aromatic heterocycles. The highest BCUT2D eigenvalue weighted by molar-refractivity contribution is 5.69. The summed E-state index contributed by atoms with van der Waals surface area (Å²) in [6.07, 6.45) is -0.262. The van der Waals surface area contributed by atoms with Gasteiger partial charge < -0.3 is 14.4 Å². The molecule has 1 aliphatic rings. The number of hydrogen-bond acceptors (Lipinski definition) is 4. The van der Waals surface area contributed by atoms with E-state index in [2.05, 4.69) is 6.07 Å². The smallest absolute Gasteiger partial charge is 0.410 e. The van der Waals surface area contributed by atoms with Gasteiger partial charge in [-0.25, -0.2) is 4.79 Å². The molecule has 1 amide bonds. The summed E-state index contributed by atoms with van der Waals surface area (Å²) >= 11 is 0. The number of benzene rings is 1. The van der Waals surface area contributed by atoms with E-state index in [1.807, 2.05) is 58.9 Å². The molecule has 0 radical (unpaired) electrons. The van der Waals surface area contributed by atoms with Crippen molar-refractivity contribution in [3.05, 3.63) is 29.8 Å². The van der Waals surface area contributed by atoms with Crippen LogP contribution in [0, 0.1) is 17.2 Å². The van der Waals surface area contributed by atoms with Crippen LogP contribution in [0.25, 0.3) is 0 Å². The lowest BCUT2D eigenvalue weighted by Gasteiger charge is -2.39. The largest absolute Gasteiger partial charge is 0.493 e. The Kier molecular flexibility index (Phi) is 5.08. The van der Waals surface area contributed by atoms with Gasteiger partial charge >= 0.3 is 6.09 Å². The van der Waals surface area contributed by atoms with Crippen LogP contribution in [0.1, 0.15) is 40.2 Å². The van der Waals surface area contributed by atoms with Crippen molar-refractivity contribution in [1.82, 2.24) is 4.90 Å². The number of amides is 1. The van der Waals surface area contributed by atoms with Crippen molar-refractivity contribution in [2.45, 2.75) is 45.6 Å². The second kappa shape index (κ2) is 6.72. The fourth-order valence-corrected chi connectivity index (χ4v) is 2.40. The van der Waals surface area contributed by atoms with Crippen LogP contribution in [0.5, 0.6) is 5.75 Å². The highest BCUT2D eigenvalue weighted by atomic mass is 16.6. The van der Waals surface area contributed by atoms with Crippen LogP contribution in [0.4, 0.5) is 4.79 Å². The first-order valence-electron chi connectivity index (χ1n) is 8.23. The van der Waals surface area contributed by atoms with Gasteiger partial charge in [0.2, 0.25) is 0 Å². The summed E-state index contributed by atoms with van der Waals surface area (Å²) in [5, 5.41) is 9.15. The lowest BCUT2D eigenvalue weighted by atomic mass is 9.86. The topological polar surface area (TPSA) is 62.6 Å². The molecule has 0 atom stereocenters. The molecule has 1 fully saturated rings. The molecular formula is C19H26N2O3. The zero-order chi connectivity index (χ0) is 18.0.